The molecule has 0 radical (unpaired) electrons. The molecule has 1 saturated heterocycles. The molecule has 0 aliphatic carbocycles. The van der Waals surface area contributed by atoms with E-state index in [0.717, 1.165) is 12.5 Å². The van der Waals surface area contributed by atoms with Crippen LogP contribution in [0.2, 0.25) is 0 Å². The highest BCUT2D eigenvalue weighted by Gasteiger charge is 2.26. The van der Waals surface area contributed by atoms with Gasteiger partial charge in [-0.15, -0.1) is 0 Å². The minimum absolute atomic E-state index is 0.245. The van der Waals surface area contributed by atoms with Gasteiger partial charge in [0, 0.05) is 18.6 Å². The van der Waals surface area contributed by atoms with Gasteiger partial charge in [-0.05, 0) is 58.0 Å². The average Bonchev–Trinajstić information content (AvgIpc) is 2.12. The van der Waals surface area contributed by atoms with Crippen molar-refractivity contribution in [3.63, 3.8) is 0 Å². The highest BCUT2D eigenvalue weighted by molar-refractivity contribution is 4.81. The number of piperidine rings is 1. The molecule has 0 aromatic carbocycles. The number of hydrogen-bond acceptors (Lipinski definition) is 2. The van der Waals surface area contributed by atoms with Crippen molar-refractivity contribution in [2.75, 3.05) is 26.2 Å². The van der Waals surface area contributed by atoms with Gasteiger partial charge >= 0.3 is 0 Å². The third kappa shape index (κ3) is 6.42. The largest absolute Gasteiger partial charge is 0.312 e. The van der Waals surface area contributed by atoms with Crippen LogP contribution in [0.5, 0.6) is 0 Å². The average molecular weight is 240 g/mol. The van der Waals surface area contributed by atoms with E-state index in [0.29, 0.717) is 5.41 Å². The molecule has 0 aromatic heterocycles. The summed E-state index contributed by atoms with van der Waals surface area (Å²) in [7, 11) is 0. The predicted octanol–water partition coefficient (Wildman–Crippen LogP) is 3.13. The topological polar surface area (TPSA) is 15.3 Å². The van der Waals surface area contributed by atoms with Crippen molar-refractivity contribution in [2.45, 2.75) is 59.9 Å². The first kappa shape index (κ1) is 15.0. The van der Waals surface area contributed by atoms with Crippen molar-refractivity contribution < 1.29 is 0 Å². The Morgan fingerprint density at radius 2 is 1.94 bits per heavy atom. The van der Waals surface area contributed by atoms with Gasteiger partial charge in [-0.25, -0.2) is 0 Å². The number of rotatable bonds is 4. The quantitative estimate of drug-likeness (QED) is 0.812. The molecular formula is C15H32N2. The first-order chi connectivity index (χ1) is 7.68. The smallest absolute Gasteiger partial charge is 0.00966 e. The van der Waals surface area contributed by atoms with E-state index in [-0.39, 0.29) is 5.54 Å². The Balaban J connectivity index is 2.28. The SMILES string of the molecule is CC(CNC(C)(C)C)CN1CCCC(C)(C)C1. The minimum atomic E-state index is 0.245. The maximum Gasteiger partial charge on any atom is 0.00966 e. The van der Waals surface area contributed by atoms with E-state index < -0.39 is 0 Å². The molecule has 1 aliphatic rings. The summed E-state index contributed by atoms with van der Waals surface area (Å²) in [5.74, 6) is 0.739. The van der Waals surface area contributed by atoms with Crippen LogP contribution in [0.15, 0.2) is 0 Å². The van der Waals surface area contributed by atoms with Crippen LogP contribution in [0, 0.1) is 11.3 Å². The Bertz CT molecular complexity index is 228. The van der Waals surface area contributed by atoms with Gasteiger partial charge in [-0.2, -0.15) is 0 Å². The Morgan fingerprint density at radius 3 is 2.47 bits per heavy atom. The first-order valence-electron chi connectivity index (χ1n) is 7.15. The van der Waals surface area contributed by atoms with Gasteiger partial charge in [0.05, 0.1) is 0 Å². The van der Waals surface area contributed by atoms with Crippen molar-refractivity contribution in [2.24, 2.45) is 11.3 Å². The van der Waals surface area contributed by atoms with Gasteiger partial charge in [-0.3, -0.25) is 0 Å². The van der Waals surface area contributed by atoms with E-state index in [4.69, 9.17) is 0 Å². The zero-order valence-corrected chi connectivity index (χ0v) is 12.8. The molecule has 1 aliphatic heterocycles. The molecule has 1 heterocycles. The molecule has 102 valence electrons. The third-order valence-electron chi connectivity index (χ3n) is 3.53. The molecule has 0 saturated carbocycles. The molecule has 0 aromatic rings. The van der Waals surface area contributed by atoms with Crippen LogP contribution in [0.1, 0.15) is 54.4 Å². The fraction of sp³-hybridized carbons (Fsp3) is 1.00. The van der Waals surface area contributed by atoms with Crippen LogP contribution in [0.4, 0.5) is 0 Å². The highest BCUT2D eigenvalue weighted by atomic mass is 15.1. The molecule has 1 rings (SSSR count). The van der Waals surface area contributed by atoms with Crippen LogP contribution in [0.3, 0.4) is 0 Å². The number of hydrogen-bond donors (Lipinski definition) is 1. The van der Waals surface area contributed by atoms with Crippen LogP contribution in [0.25, 0.3) is 0 Å². The third-order valence-corrected chi connectivity index (χ3v) is 3.53. The van der Waals surface area contributed by atoms with E-state index >= 15 is 0 Å². The number of likely N-dealkylation sites (tertiary alicyclic amines) is 1. The molecule has 17 heavy (non-hydrogen) atoms. The molecule has 0 spiro atoms. The van der Waals surface area contributed by atoms with Crippen LogP contribution < -0.4 is 5.32 Å². The first-order valence-corrected chi connectivity index (χ1v) is 7.15. The molecule has 2 heteroatoms. The van der Waals surface area contributed by atoms with E-state index in [2.05, 4.69) is 51.8 Å². The Labute approximate surface area is 108 Å². The number of nitrogens with one attached hydrogen (secondary N) is 1. The summed E-state index contributed by atoms with van der Waals surface area (Å²) in [6.45, 7) is 18.8. The van der Waals surface area contributed by atoms with Crippen molar-refractivity contribution in [3.8, 4) is 0 Å². The van der Waals surface area contributed by atoms with Gasteiger partial charge in [0.1, 0.15) is 0 Å². The summed E-state index contributed by atoms with van der Waals surface area (Å²) in [4.78, 5) is 2.65. The molecule has 0 amide bonds. The van der Waals surface area contributed by atoms with Crippen molar-refractivity contribution in [1.82, 2.24) is 10.2 Å². The second kappa shape index (κ2) is 5.71. The molecule has 1 N–H and O–H groups in total. The normalized spacial score (nSPS) is 23.6. The van der Waals surface area contributed by atoms with E-state index in [9.17, 15) is 0 Å². The van der Waals surface area contributed by atoms with E-state index in [1.165, 1.54) is 32.5 Å². The number of nitrogens with zero attached hydrogens (tertiary/aromatic N) is 1. The van der Waals surface area contributed by atoms with E-state index in [1.807, 2.05) is 0 Å². The van der Waals surface area contributed by atoms with Crippen molar-refractivity contribution >= 4 is 0 Å². The van der Waals surface area contributed by atoms with Crippen LogP contribution in [-0.2, 0) is 0 Å². The Hall–Kier alpha value is -0.0800. The van der Waals surface area contributed by atoms with Crippen LogP contribution >= 0.6 is 0 Å². The molecule has 0 bridgehead atoms. The maximum absolute atomic E-state index is 3.61. The van der Waals surface area contributed by atoms with Crippen molar-refractivity contribution in [3.05, 3.63) is 0 Å². The zero-order valence-electron chi connectivity index (χ0n) is 12.8. The lowest BCUT2D eigenvalue weighted by Crippen LogP contribution is -2.45. The van der Waals surface area contributed by atoms with Gasteiger partial charge in [0.25, 0.3) is 0 Å². The molecule has 1 atom stereocenters. The van der Waals surface area contributed by atoms with Crippen molar-refractivity contribution in [1.29, 1.82) is 0 Å². The maximum atomic E-state index is 3.61. The van der Waals surface area contributed by atoms with Gasteiger partial charge < -0.3 is 10.2 Å². The predicted molar refractivity (Wildman–Crippen MR) is 76.4 cm³/mol. The lowest BCUT2D eigenvalue weighted by atomic mass is 9.84. The summed E-state index contributed by atoms with van der Waals surface area (Å²) in [5, 5.41) is 3.61. The van der Waals surface area contributed by atoms with Gasteiger partial charge in [0.15, 0.2) is 0 Å². The lowest BCUT2D eigenvalue weighted by Gasteiger charge is -2.39. The van der Waals surface area contributed by atoms with Crippen LogP contribution in [-0.4, -0.2) is 36.6 Å². The summed E-state index contributed by atoms with van der Waals surface area (Å²) < 4.78 is 0. The molecule has 1 fully saturated rings. The fourth-order valence-electron chi connectivity index (χ4n) is 2.69. The standard InChI is InChI=1S/C15H32N2/c1-13(10-16-14(2,3)4)11-17-9-7-8-15(5,6)12-17/h13,16H,7-12H2,1-6H3. The van der Waals surface area contributed by atoms with Gasteiger partial charge in [-0.1, -0.05) is 20.8 Å². The molecule has 2 nitrogen and oxygen atoms in total. The van der Waals surface area contributed by atoms with E-state index in [1.54, 1.807) is 0 Å². The monoisotopic (exact) mass is 240 g/mol. The summed E-state index contributed by atoms with van der Waals surface area (Å²) in [5.41, 5.74) is 0.769. The second-order valence-corrected chi connectivity index (χ2v) is 7.74. The fourth-order valence-corrected chi connectivity index (χ4v) is 2.69. The van der Waals surface area contributed by atoms with Gasteiger partial charge in [0.2, 0.25) is 0 Å². The Kier molecular flexibility index (Phi) is 5.03. The second-order valence-electron chi connectivity index (χ2n) is 7.74. The zero-order chi connectivity index (χ0) is 13.1. The minimum Gasteiger partial charge on any atom is -0.312 e. The molecule has 1 unspecified atom stereocenters. The molecular weight excluding hydrogens is 208 g/mol. The summed E-state index contributed by atoms with van der Waals surface area (Å²) >= 11 is 0. The Morgan fingerprint density at radius 1 is 1.29 bits per heavy atom. The highest BCUT2D eigenvalue weighted by Crippen LogP contribution is 2.28. The summed E-state index contributed by atoms with van der Waals surface area (Å²) in [6, 6.07) is 0. The lowest BCUT2D eigenvalue weighted by molar-refractivity contribution is 0.103. The summed E-state index contributed by atoms with van der Waals surface area (Å²) in [6.07, 6.45) is 2.75.